The number of aromatic nitrogens is 1. The summed E-state index contributed by atoms with van der Waals surface area (Å²) in [5, 5.41) is 12.9. The second-order valence-corrected chi connectivity index (χ2v) is 6.71. The lowest BCUT2D eigenvalue weighted by Crippen LogP contribution is -2.43. The number of para-hydroxylation sites is 1. The maximum Gasteiger partial charge on any atom is 0.262 e. The molecule has 0 spiro atoms. The summed E-state index contributed by atoms with van der Waals surface area (Å²) >= 11 is 0. The molecule has 0 fully saturated rings. The fraction of sp³-hybridized carbons (Fsp3) is 0.182. The van der Waals surface area contributed by atoms with Gasteiger partial charge in [-0.25, -0.2) is 0 Å². The van der Waals surface area contributed by atoms with Crippen molar-refractivity contribution in [3.8, 4) is 11.8 Å². The summed E-state index contributed by atoms with van der Waals surface area (Å²) in [5.41, 5.74) is 4.46. The number of carbonyl (C=O) groups excluding carboxylic acids is 1. The van der Waals surface area contributed by atoms with Crippen LogP contribution < -0.4 is 15.0 Å². The van der Waals surface area contributed by atoms with E-state index in [9.17, 15) is 10.1 Å². The van der Waals surface area contributed by atoms with Gasteiger partial charge in [-0.15, -0.1) is 0 Å². The van der Waals surface area contributed by atoms with E-state index >= 15 is 0 Å². The molecule has 140 valence electrons. The SMILES string of the molecule is COc1cccc(N2C(=O)c3ccccc3NC2c2cc(C#N)n(C)c2C)c1. The monoisotopic (exact) mass is 372 g/mol. The summed E-state index contributed by atoms with van der Waals surface area (Å²) in [5.74, 6) is 0.569. The van der Waals surface area contributed by atoms with Gasteiger partial charge < -0.3 is 14.6 Å². The van der Waals surface area contributed by atoms with Crippen molar-refractivity contribution >= 4 is 17.3 Å². The van der Waals surface area contributed by atoms with Crippen LogP contribution in [0.5, 0.6) is 5.75 Å². The number of hydrogen-bond acceptors (Lipinski definition) is 4. The summed E-state index contributed by atoms with van der Waals surface area (Å²) in [4.78, 5) is 15.2. The van der Waals surface area contributed by atoms with E-state index in [2.05, 4.69) is 11.4 Å². The molecular weight excluding hydrogens is 352 g/mol. The first-order valence-corrected chi connectivity index (χ1v) is 8.94. The molecule has 28 heavy (non-hydrogen) atoms. The van der Waals surface area contributed by atoms with E-state index in [0.29, 0.717) is 17.0 Å². The van der Waals surface area contributed by atoms with Crippen molar-refractivity contribution in [1.29, 1.82) is 5.26 Å². The van der Waals surface area contributed by atoms with Crippen LogP contribution in [0, 0.1) is 18.3 Å². The third-order valence-electron chi connectivity index (χ3n) is 5.24. The van der Waals surface area contributed by atoms with E-state index in [1.165, 1.54) is 0 Å². The Kier molecular flexibility index (Phi) is 4.28. The molecule has 1 aliphatic rings. The number of anilines is 2. The van der Waals surface area contributed by atoms with E-state index in [-0.39, 0.29) is 5.91 Å². The van der Waals surface area contributed by atoms with Crippen molar-refractivity contribution in [3.05, 3.63) is 77.1 Å². The van der Waals surface area contributed by atoms with Crippen LogP contribution in [-0.4, -0.2) is 17.6 Å². The second kappa shape index (κ2) is 6.78. The standard InChI is InChI=1S/C22H20N4O2/c1-14-19(12-16(13-23)25(14)2)21-24-20-10-5-4-9-18(20)22(27)26(21)15-7-6-8-17(11-15)28-3/h4-12,21,24H,1-3H3. The molecule has 1 aromatic heterocycles. The highest BCUT2D eigenvalue weighted by molar-refractivity contribution is 6.12. The van der Waals surface area contributed by atoms with Crippen LogP contribution in [0.3, 0.4) is 0 Å². The highest BCUT2D eigenvalue weighted by Crippen LogP contribution is 2.39. The zero-order valence-corrected chi connectivity index (χ0v) is 15.9. The predicted molar refractivity (Wildman–Crippen MR) is 107 cm³/mol. The normalized spacial score (nSPS) is 15.6. The number of nitriles is 1. The Morgan fingerprint density at radius 1 is 1.14 bits per heavy atom. The molecule has 2 heterocycles. The molecule has 0 saturated heterocycles. The minimum absolute atomic E-state index is 0.102. The number of fused-ring (bicyclic) bond motifs is 1. The van der Waals surface area contributed by atoms with E-state index in [4.69, 9.17) is 4.74 Å². The minimum atomic E-state index is -0.442. The molecule has 4 rings (SSSR count). The lowest BCUT2D eigenvalue weighted by molar-refractivity contribution is 0.0975. The van der Waals surface area contributed by atoms with Crippen LogP contribution in [0.2, 0.25) is 0 Å². The Hall–Kier alpha value is -3.72. The van der Waals surface area contributed by atoms with Crippen LogP contribution in [0.15, 0.2) is 54.6 Å². The summed E-state index contributed by atoms with van der Waals surface area (Å²) < 4.78 is 7.19. The van der Waals surface area contributed by atoms with Crippen LogP contribution >= 0.6 is 0 Å². The number of amides is 1. The fourth-order valence-electron chi connectivity index (χ4n) is 3.60. The van der Waals surface area contributed by atoms with Crippen molar-refractivity contribution < 1.29 is 9.53 Å². The minimum Gasteiger partial charge on any atom is -0.497 e. The van der Waals surface area contributed by atoms with Gasteiger partial charge in [0.25, 0.3) is 5.91 Å². The number of methoxy groups -OCH3 is 1. The lowest BCUT2D eigenvalue weighted by Gasteiger charge is -2.38. The van der Waals surface area contributed by atoms with E-state index in [1.807, 2.05) is 73.1 Å². The molecule has 1 atom stereocenters. The molecule has 1 aliphatic heterocycles. The molecule has 1 N–H and O–H groups in total. The van der Waals surface area contributed by atoms with Crippen molar-refractivity contribution in [2.45, 2.75) is 13.1 Å². The van der Waals surface area contributed by atoms with Crippen LogP contribution in [0.4, 0.5) is 11.4 Å². The first-order valence-electron chi connectivity index (χ1n) is 8.94. The molecule has 1 amide bonds. The molecule has 2 aromatic carbocycles. The van der Waals surface area contributed by atoms with Gasteiger partial charge in [-0.3, -0.25) is 9.69 Å². The van der Waals surface area contributed by atoms with Crippen molar-refractivity contribution in [2.24, 2.45) is 7.05 Å². The maximum absolute atomic E-state index is 13.4. The lowest BCUT2D eigenvalue weighted by atomic mass is 10.0. The zero-order chi connectivity index (χ0) is 19.8. The van der Waals surface area contributed by atoms with Gasteiger partial charge in [-0.2, -0.15) is 5.26 Å². The van der Waals surface area contributed by atoms with Crippen LogP contribution in [0.25, 0.3) is 0 Å². The fourth-order valence-corrected chi connectivity index (χ4v) is 3.60. The molecule has 0 aliphatic carbocycles. The molecule has 0 bridgehead atoms. The average Bonchev–Trinajstić information content (AvgIpc) is 3.02. The molecule has 0 saturated carbocycles. The van der Waals surface area contributed by atoms with Gasteiger partial charge in [0.1, 0.15) is 23.7 Å². The first-order chi connectivity index (χ1) is 13.5. The average molecular weight is 372 g/mol. The van der Waals surface area contributed by atoms with Crippen LogP contribution in [-0.2, 0) is 7.05 Å². The summed E-state index contributed by atoms with van der Waals surface area (Å²) in [6.45, 7) is 1.95. The number of rotatable bonds is 3. The Morgan fingerprint density at radius 2 is 1.93 bits per heavy atom. The van der Waals surface area contributed by atoms with Gasteiger partial charge in [0.05, 0.1) is 18.4 Å². The zero-order valence-electron chi connectivity index (χ0n) is 15.9. The van der Waals surface area contributed by atoms with E-state index in [1.54, 1.807) is 12.0 Å². The Labute approximate surface area is 163 Å². The highest BCUT2D eigenvalue weighted by Gasteiger charge is 2.36. The maximum atomic E-state index is 13.4. The summed E-state index contributed by atoms with van der Waals surface area (Å²) in [6, 6.07) is 18.9. The van der Waals surface area contributed by atoms with Gasteiger partial charge in [-0.05, 0) is 37.3 Å². The van der Waals surface area contributed by atoms with Gasteiger partial charge in [0, 0.05) is 30.1 Å². The molecular formula is C22H20N4O2. The molecule has 6 heteroatoms. The molecule has 0 radical (unpaired) electrons. The first kappa shape index (κ1) is 17.7. The topological polar surface area (TPSA) is 70.3 Å². The number of nitrogens with zero attached hydrogens (tertiary/aromatic N) is 3. The van der Waals surface area contributed by atoms with Gasteiger partial charge in [0.15, 0.2) is 0 Å². The third kappa shape index (κ3) is 2.69. The van der Waals surface area contributed by atoms with E-state index in [0.717, 1.165) is 22.6 Å². The van der Waals surface area contributed by atoms with Crippen LogP contribution in [0.1, 0.15) is 33.5 Å². The van der Waals surface area contributed by atoms with Crippen molar-refractivity contribution in [2.75, 3.05) is 17.3 Å². The number of hydrogen-bond donors (Lipinski definition) is 1. The predicted octanol–water partition coefficient (Wildman–Crippen LogP) is 3.98. The smallest absolute Gasteiger partial charge is 0.262 e. The second-order valence-electron chi connectivity index (χ2n) is 6.71. The highest BCUT2D eigenvalue weighted by atomic mass is 16.5. The largest absolute Gasteiger partial charge is 0.497 e. The number of ether oxygens (including phenoxy) is 1. The van der Waals surface area contributed by atoms with Crippen molar-refractivity contribution in [1.82, 2.24) is 4.57 Å². The van der Waals surface area contributed by atoms with E-state index < -0.39 is 6.17 Å². The van der Waals surface area contributed by atoms with Gasteiger partial charge in [0.2, 0.25) is 0 Å². The third-order valence-corrected chi connectivity index (χ3v) is 5.24. The summed E-state index contributed by atoms with van der Waals surface area (Å²) in [7, 11) is 3.45. The number of nitrogens with one attached hydrogen (secondary N) is 1. The number of carbonyl (C=O) groups is 1. The Balaban J connectivity index is 1.91. The summed E-state index contributed by atoms with van der Waals surface area (Å²) in [6.07, 6.45) is -0.442. The van der Waals surface area contributed by atoms with Gasteiger partial charge in [-0.1, -0.05) is 18.2 Å². The van der Waals surface area contributed by atoms with Gasteiger partial charge >= 0.3 is 0 Å². The Morgan fingerprint density at radius 3 is 2.64 bits per heavy atom. The quantitative estimate of drug-likeness (QED) is 0.755. The Bertz CT molecular complexity index is 1110. The molecule has 6 nitrogen and oxygen atoms in total. The van der Waals surface area contributed by atoms with Crippen molar-refractivity contribution in [3.63, 3.8) is 0 Å². The molecule has 1 unspecified atom stereocenters. The molecule has 3 aromatic rings. The number of benzene rings is 2.